The Labute approximate surface area is 95.6 Å². The van der Waals surface area contributed by atoms with Crippen LogP contribution in [0, 0.1) is 11.8 Å². The fourth-order valence-corrected chi connectivity index (χ4v) is 1.97. The highest BCUT2D eigenvalue weighted by atomic mass is 16.1. The quantitative estimate of drug-likeness (QED) is 0.546. The van der Waals surface area contributed by atoms with Crippen molar-refractivity contribution in [2.75, 3.05) is 0 Å². The molecule has 1 heteroatoms. The van der Waals surface area contributed by atoms with Crippen molar-refractivity contribution in [3.05, 3.63) is 0 Å². The van der Waals surface area contributed by atoms with Gasteiger partial charge in [-0.2, -0.15) is 0 Å². The van der Waals surface area contributed by atoms with E-state index in [-0.39, 0.29) is 0 Å². The van der Waals surface area contributed by atoms with E-state index in [1.165, 1.54) is 25.7 Å². The molecule has 0 spiro atoms. The van der Waals surface area contributed by atoms with Crippen LogP contribution in [0.4, 0.5) is 0 Å². The average molecular weight is 212 g/mol. The highest BCUT2D eigenvalue weighted by molar-refractivity contribution is 5.78. The van der Waals surface area contributed by atoms with E-state index < -0.39 is 0 Å². The topological polar surface area (TPSA) is 17.1 Å². The van der Waals surface area contributed by atoms with Gasteiger partial charge in [-0.15, -0.1) is 0 Å². The molecule has 0 aromatic carbocycles. The van der Waals surface area contributed by atoms with Crippen molar-refractivity contribution in [1.29, 1.82) is 0 Å². The Balaban J connectivity index is 3.65. The van der Waals surface area contributed by atoms with Gasteiger partial charge in [-0.3, -0.25) is 4.79 Å². The van der Waals surface area contributed by atoms with E-state index in [0.29, 0.717) is 11.7 Å². The van der Waals surface area contributed by atoms with Gasteiger partial charge in [-0.05, 0) is 18.3 Å². The standard InChI is InChI=1S/C14H28O/c1-5-7-8-13(6-2)9-10-14(15)11-12(3)4/h12-13H,5-11H2,1-4H3. The molecule has 1 nitrogen and oxygen atoms in total. The second kappa shape index (κ2) is 8.94. The molecule has 0 aliphatic heterocycles. The molecule has 0 saturated carbocycles. The third-order valence-corrected chi connectivity index (χ3v) is 3.01. The lowest BCUT2D eigenvalue weighted by Gasteiger charge is -2.13. The van der Waals surface area contributed by atoms with Crippen molar-refractivity contribution in [2.45, 2.75) is 72.6 Å². The molecular formula is C14H28O. The Bertz CT molecular complexity index is 161. The molecule has 0 bridgehead atoms. The molecule has 0 radical (unpaired) electrons. The summed E-state index contributed by atoms with van der Waals surface area (Å²) < 4.78 is 0. The predicted molar refractivity (Wildman–Crippen MR) is 67.0 cm³/mol. The Hall–Kier alpha value is -0.330. The predicted octanol–water partition coefficient (Wildman–Crippen LogP) is 4.60. The molecule has 0 saturated heterocycles. The van der Waals surface area contributed by atoms with Gasteiger partial charge in [0.15, 0.2) is 0 Å². The van der Waals surface area contributed by atoms with Gasteiger partial charge in [0.05, 0.1) is 0 Å². The van der Waals surface area contributed by atoms with Crippen LogP contribution in [0.2, 0.25) is 0 Å². The maximum absolute atomic E-state index is 11.5. The molecular weight excluding hydrogens is 184 g/mol. The van der Waals surface area contributed by atoms with Crippen molar-refractivity contribution < 1.29 is 4.79 Å². The molecule has 0 fully saturated rings. The molecule has 0 aromatic heterocycles. The van der Waals surface area contributed by atoms with Crippen molar-refractivity contribution in [3.63, 3.8) is 0 Å². The largest absolute Gasteiger partial charge is 0.300 e. The van der Waals surface area contributed by atoms with Gasteiger partial charge in [0.1, 0.15) is 5.78 Å². The molecule has 0 N–H and O–H groups in total. The first-order valence-electron chi connectivity index (χ1n) is 6.61. The van der Waals surface area contributed by atoms with Crippen LogP contribution in [-0.2, 0) is 4.79 Å². The number of rotatable bonds is 9. The third-order valence-electron chi connectivity index (χ3n) is 3.01. The monoisotopic (exact) mass is 212 g/mol. The molecule has 1 unspecified atom stereocenters. The normalized spacial score (nSPS) is 13.1. The second-order valence-electron chi connectivity index (χ2n) is 5.09. The number of unbranched alkanes of at least 4 members (excludes halogenated alkanes) is 1. The summed E-state index contributed by atoms with van der Waals surface area (Å²) in [6.07, 6.45) is 7.82. The van der Waals surface area contributed by atoms with E-state index in [0.717, 1.165) is 25.2 Å². The van der Waals surface area contributed by atoms with Crippen LogP contribution in [0.25, 0.3) is 0 Å². The zero-order valence-electron chi connectivity index (χ0n) is 11.0. The molecule has 0 aliphatic rings. The van der Waals surface area contributed by atoms with Gasteiger partial charge in [0, 0.05) is 12.8 Å². The zero-order valence-corrected chi connectivity index (χ0v) is 11.0. The summed E-state index contributed by atoms with van der Waals surface area (Å²) in [5.74, 6) is 1.76. The SMILES string of the molecule is CCCCC(CC)CCC(=O)CC(C)C. The van der Waals surface area contributed by atoms with Gasteiger partial charge in [0.2, 0.25) is 0 Å². The number of carbonyl (C=O) groups excluding carboxylic acids is 1. The van der Waals surface area contributed by atoms with Gasteiger partial charge in [0.25, 0.3) is 0 Å². The van der Waals surface area contributed by atoms with Crippen LogP contribution in [-0.4, -0.2) is 5.78 Å². The van der Waals surface area contributed by atoms with E-state index in [4.69, 9.17) is 0 Å². The van der Waals surface area contributed by atoms with Crippen LogP contribution < -0.4 is 0 Å². The summed E-state index contributed by atoms with van der Waals surface area (Å²) >= 11 is 0. The summed E-state index contributed by atoms with van der Waals surface area (Å²) in [5.41, 5.74) is 0. The Morgan fingerprint density at radius 1 is 1.13 bits per heavy atom. The Morgan fingerprint density at radius 3 is 2.27 bits per heavy atom. The maximum atomic E-state index is 11.5. The van der Waals surface area contributed by atoms with Crippen molar-refractivity contribution in [1.82, 2.24) is 0 Å². The van der Waals surface area contributed by atoms with E-state index in [1.54, 1.807) is 0 Å². The maximum Gasteiger partial charge on any atom is 0.133 e. The molecule has 0 rings (SSSR count). The van der Waals surface area contributed by atoms with Gasteiger partial charge >= 0.3 is 0 Å². The first-order chi connectivity index (χ1) is 7.10. The molecule has 0 aliphatic carbocycles. The Kier molecular flexibility index (Phi) is 8.74. The lowest BCUT2D eigenvalue weighted by molar-refractivity contribution is -0.120. The molecule has 0 heterocycles. The zero-order chi connectivity index (χ0) is 11.7. The molecule has 15 heavy (non-hydrogen) atoms. The smallest absolute Gasteiger partial charge is 0.133 e. The summed E-state index contributed by atoms with van der Waals surface area (Å²) in [6, 6.07) is 0. The summed E-state index contributed by atoms with van der Waals surface area (Å²) in [6.45, 7) is 8.71. The molecule has 1 atom stereocenters. The van der Waals surface area contributed by atoms with Crippen LogP contribution in [0.3, 0.4) is 0 Å². The van der Waals surface area contributed by atoms with Crippen molar-refractivity contribution in [2.24, 2.45) is 11.8 Å². The van der Waals surface area contributed by atoms with Gasteiger partial charge in [-0.1, -0.05) is 53.4 Å². The van der Waals surface area contributed by atoms with Crippen LogP contribution in [0.1, 0.15) is 72.6 Å². The van der Waals surface area contributed by atoms with Crippen molar-refractivity contribution >= 4 is 5.78 Å². The third kappa shape index (κ3) is 8.65. The summed E-state index contributed by atoms with van der Waals surface area (Å²) in [4.78, 5) is 11.5. The molecule has 0 amide bonds. The number of hydrogen-bond donors (Lipinski definition) is 0. The van der Waals surface area contributed by atoms with E-state index in [9.17, 15) is 4.79 Å². The van der Waals surface area contributed by atoms with E-state index in [2.05, 4.69) is 27.7 Å². The number of hydrogen-bond acceptors (Lipinski definition) is 1. The first-order valence-corrected chi connectivity index (χ1v) is 6.61. The van der Waals surface area contributed by atoms with Crippen LogP contribution >= 0.6 is 0 Å². The lowest BCUT2D eigenvalue weighted by Crippen LogP contribution is -2.07. The highest BCUT2D eigenvalue weighted by Crippen LogP contribution is 2.19. The minimum Gasteiger partial charge on any atom is -0.300 e. The minimum atomic E-state index is 0.458. The van der Waals surface area contributed by atoms with Gasteiger partial charge in [-0.25, -0.2) is 0 Å². The van der Waals surface area contributed by atoms with E-state index >= 15 is 0 Å². The number of Topliss-reactive ketones (excluding diaryl/α,β-unsaturated/α-hetero) is 1. The second-order valence-corrected chi connectivity index (χ2v) is 5.09. The van der Waals surface area contributed by atoms with Gasteiger partial charge < -0.3 is 0 Å². The van der Waals surface area contributed by atoms with Crippen LogP contribution in [0.15, 0.2) is 0 Å². The number of carbonyl (C=O) groups is 1. The van der Waals surface area contributed by atoms with E-state index in [1.807, 2.05) is 0 Å². The molecule has 0 aromatic rings. The fourth-order valence-electron chi connectivity index (χ4n) is 1.97. The van der Waals surface area contributed by atoms with Crippen molar-refractivity contribution in [3.8, 4) is 0 Å². The molecule has 90 valence electrons. The summed E-state index contributed by atoms with van der Waals surface area (Å²) in [5, 5.41) is 0. The Morgan fingerprint density at radius 2 is 1.80 bits per heavy atom. The lowest BCUT2D eigenvalue weighted by atomic mass is 9.92. The first kappa shape index (κ1) is 14.7. The summed E-state index contributed by atoms with van der Waals surface area (Å²) in [7, 11) is 0. The fraction of sp³-hybridized carbons (Fsp3) is 0.929. The average Bonchev–Trinajstić information content (AvgIpc) is 2.17. The number of ketones is 1. The van der Waals surface area contributed by atoms with Crippen LogP contribution in [0.5, 0.6) is 0 Å². The highest BCUT2D eigenvalue weighted by Gasteiger charge is 2.10. The minimum absolute atomic E-state index is 0.458.